The molecule has 0 saturated carbocycles. The van der Waals surface area contributed by atoms with Gasteiger partial charge in [0.05, 0.1) is 0 Å². The third kappa shape index (κ3) is 4.14. The molecule has 2 aromatic heterocycles. The van der Waals surface area contributed by atoms with Crippen molar-refractivity contribution in [1.82, 2.24) is 9.97 Å². The van der Waals surface area contributed by atoms with Crippen LogP contribution in [-0.4, -0.2) is 15.9 Å². The molecule has 124 valence electrons. The number of benzene rings is 1. The van der Waals surface area contributed by atoms with E-state index < -0.39 is 0 Å². The Morgan fingerprint density at radius 1 is 1.04 bits per heavy atom. The average Bonchev–Trinajstić information content (AvgIpc) is 2.64. The van der Waals surface area contributed by atoms with Gasteiger partial charge in [0, 0.05) is 51.4 Å². The summed E-state index contributed by atoms with van der Waals surface area (Å²) >= 11 is 1.54. The van der Waals surface area contributed by atoms with Gasteiger partial charge in [-0.25, -0.2) is 0 Å². The minimum absolute atomic E-state index is 0.176. The van der Waals surface area contributed by atoms with E-state index in [4.69, 9.17) is 0 Å². The molecule has 3 aromatic rings. The summed E-state index contributed by atoms with van der Waals surface area (Å²) in [4.78, 5) is 22.4. The molecule has 5 heteroatoms. The molecule has 0 radical (unpaired) electrons. The third-order valence-corrected chi connectivity index (χ3v) is 4.76. The first-order valence-electron chi connectivity index (χ1n) is 7.73. The van der Waals surface area contributed by atoms with Gasteiger partial charge in [0.1, 0.15) is 0 Å². The van der Waals surface area contributed by atoms with Gasteiger partial charge in [-0.05, 0) is 36.8 Å². The number of para-hydroxylation sites is 1. The van der Waals surface area contributed by atoms with Crippen LogP contribution in [0.15, 0.2) is 78.7 Å². The van der Waals surface area contributed by atoms with Crippen LogP contribution in [-0.2, 0) is 0 Å². The van der Waals surface area contributed by atoms with Crippen molar-refractivity contribution >= 4 is 28.3 Å². The number of carbonyl (C=O) groups excluding carboxylic acids is 1. The second kappa shape index (κ2) is 7.77. The summed E-state index contributed by atoms with van der Waals surface area (Å²) in [6.07, 6.45) is 6.79. The zero-order valence-corrected chi connectivity index (χ0v) is 14.6. The Hall–Kier alpha value is -2.92. The molecule has 3 rings (SSSR count). The van der Waals surface area contributed by atoms with Crippen LogP contribution in [0.4, 0.5) is 5.69 Å². The minimum Gasteiger partial charge on any atom is -0.321 e. The number of carbonyl (C=O) groups is 1. The summed E-state index contributed by atoms with van der Waals surface area (Å²) in [6.45, 7) is 6.21. The molecule has 25 heavy (non-hydrogen) atoms. The number of pyridine rings is 2. The van der Waals surface area contributed by atoms with Crippen molar-refractivity contribution in [1.29, 1.82) is 0 Å². The maximum absolute atomic E-state index is 12.4. The quantitative estimate of drug-likeness (QED) is 0.674. The molecule has 1 amide bonds. The lowest BCUT2D eigenvalue weighted by atomic mass is 10.1. The fourth-order valence-corrected chi connectivity index (χ4v) is 3.17. The molecule has 0 atom stereocenters. The number of nitrogens with zero attached hydrogens (tertiary/aromatic N) is 2. The van der Waals surface area contributed by atoms with Gasteiger partial charge in [0.15, 0.2) is 0 Å². The number of hydrogen-bond acceptors (Lipinski definition) is 4. The van der Waals surface area contributed by atoms with Crippen molar-refractivity contribution < 1.29 is 4.79 Å². The molecule has 0 aliphatic carbocycles. The van der Waals surface area contributed by atoms with E-state index >= 15 is 0 Å². The molecule has 0 fully saturated rings. The highest BCUT2D eigenvalue weighted by Gasteiger charge is 2.12. The van der Waals surface area contributed by atoms with Crippen molar-refractivity contribution in [2.45, 2.75) is 11.8 Å². The van der Waals surface area contributed by atoms with Crippen LogP contribution in [0.1, 0.15) is 21.5 Å². The highest BCUT2D eigenvalue weighted by Crippen LogP contribution is 2.37. The smallest absolute Gasteiger partial charge is 0.255 e. The fourth-order valence-electron chi connectivity index (χ4n) is 2.28. The van der Waals surface area contributed by atoms with Crippen molar-refractivity contribution in [3.63, 3.8) is 0 Å². The third-order valence-electron chi connectivity index (χ3n) is 3.64. The van der Waals surface area contributed by atoms with Crippen LogP contribution in [0, 0.1) is 6.92 Å². The Morgan fingerprint density at radius 2 is 1.76 bits per heavy atom. The Balaban J connectivity index is 1.82. The summed E-state index contributed by atoms with van der Waals surface area (Å²) in [5.41, 5.74) is 3.31. The zero-order chi connectivity index (χ0) is 17.6. The van der Waals surface area contributed by atoms with Crippen LogP contribution >= 0.6 is 11.8 Å². The molecule has 4 nitrogen and oxygen atoms in total. The second-order valence-corrected chi connectivity index (χ2v) is 6.54. The first-order valence-corrected chi connectivity index (χ1v) is 8.55. The molecular weight excluding hydrogens is 330 g/mol. The summed E-state index contributed by atoms with van der Waals surface area (Å²) < 4.78 is 0. The maximum Gasteiger partial charge on any atom is 0.255 e. The number of hydrogen-bond donors (Lipinski definition) is 1. The monoisotopic (exact) mass is 347 g/mol. The first kappa shape index (κ1) is 16.9. The average molecular weight is 347 g/mol. The summed E-state index contributed by atoms with van der Waals surface area (Å²) in [5.74, 6) is -0.176. The molecule has 0 spiro atoms. The standard InChI is InChI=1S/C20H17N3OS/c1-14-7-10-22-13-19(14)25-15(2)17-5-3-4-6-18(17)23-20(24)16-8-11-21-12-9-16/h3-13H,2H2,1H3,(H,23,24). The van der Waals surface area contributed by atoms with Crippen molar-refractivity contribution in [2.24, 2.45) is 0 Å². The van der Waals surface area contributed by atoms with Crippen molar-refractivity contribution in [3.8, 4) is 0 Å². The van der Waals surface area contributed by atoms with Crippen LogP contribution in [0.5, 0.6) is 0 Å². The number of rotatable bonds is 5. The van der Waals surface area contributed by atoms with Crippen molar-refractivity contribution in [3.05, 3.63) is 90.5 Å². The highest BCUT2D eigenvalue weighted by atomic mass is 32.2. The highest BCUT2D eigenvalue weighted by molar-refractivity contribution is 8.08. The summed E-state index contributed by atoms with van der Waals surface area (Å²) in [6, 6.07) is 13.0. The minimum atomic E-state index is -0.176. The Labute approximate surface area is 151 Å². The molecule has 0 unspecified atom stereocenters. The van der Waals surface area contributed by atoms with Gasteiger partial charge in [-0.15, -0.1) is 0 Å². The molecule has 0 saturated heterocycles. The number of anilines is 1. The van der Waals surface area contributed by atoms with Gasteiger partial charge >= 0.3 is 0 Å². The van der Waals surface area contributed by atoms with E-state index in [-0.39, 0.29) is 5.91 Å². The molecule has 0 bridgehead atoms. The van der Waals surface area contributed by atoms with Crippen LogP contribution in [0.25, 0.3) is 4.91 Å². The second-order valence-electron chi connectivity index (χ2n) is 5.40. The normalized spacial score (nSPS) is 10.3. The zero-order valence-electron chi connectivity index (χ0n) is 13.8. The number of thioether (sulfide) groups is 1. The SMILES string of the molecule is C=C(Sc1cnccc1C)c1ccccc1NC(=O)c1ccncc1. The van der Waals surface area contributed by atoms with Gasteiger partial charge in [-0.3, -0.25) is 14.8 Å². The van der Waals surface area contributed by atoms with E-state index in [0.29, 0.717) is 5.56 Å². The lowest BCUT2D eigenvalue weighted by Gasteiger charge is -2.13. The molecule has 0 aliphatic heterocycles. The number of nitrogens with one attached hydrogen (secondary N) is 1. The van der Waals surface area contributed by atoms with E-state index in [9.17, 15) is 4.79 Å². The topological polar surface area (TPSA) is 54.9 Å². The van der Waals surface area contributed by atoms with Gasteiger partial charge < -0.3 is 5.32 Å². The van der Waals surface area contributed by atoms with Crippen LogP contribution in [0.3, 0.4) is 0 Å². The van der Waals surface area contributed by atoms with E-state index in [1.54, 1.807) is 42.5 Å². The van der Waals surface area contributed by atoms with Gasteiger partial charge in [-0.1, -0.05) is 36.5 Å². The van der Waals surface area contributed by atoms with E-state index in [1.807, 2.05) is 43.5 Å². The Bertz CT molecular complexity index is 910. The first-order chi connectivity index (χ1) is 12.1. The Morgan fingerprint density at radius 3 is 2.52 bits per heavy atom. The van der Waals surface area contributed by atoms with Crippen LogP contribution in [0.2, 0.25) is 0 Å². The predicted molar refractivity (Wildman–Crippen MR) is 102 cm³/mol. The maximum atomic E-state index is 12.4. The molecule has 2 heterocycles. The van der Waals surface area contributed by atoms with E-state index in [0.717, 1.165) is 26.6 Å². The van der Waals surface area contributed by atoms with E-state index in [1.165, 1.54) is 0 Å². The van der Waals surface area contributed by atoms with Crippen molar-refractivity contribution in [2.75, 3.05) is 5.32 Å². The van der Waals surface area contributed by atoms with Gasteiger partial charge in [-0.2, -0.15) is 0 Å². The predicted octanol–water partition coefficient (Wildman–Crippen LogP) is 4.80. The number of aryl methyl sites for hydroxylation is 1. The summed E-state index contributed by atoms with van der Waals surface area (Å²) in [5, 5.41) is 2.95. The molecule has 1 aromatic carbocycles. The van der Waals surface area contributed by atoms with Gasteiger partial charge in [0.25, 0.3) is 5.91 Å². The largest absolute Gasteiger partial charge is 0.321 e. The molecule has 0 aliphatic rings. The number of aromatic nitrogens is 2. The van der Waals surface area contributed by atoms with E-state index in [2.05, 4.69) is 21.9 Å². The Kier molecular flexibility index (Phi) is 5.26. The summed E-state index contributed by atoms with van der Waals surface area (Å²) in [7, 11) is 0. The molecular formula is C20H17N3OS. The lowest BCUT2D eigenvalue weighted by molar-refractivity contribution is 0.102. The fraction of sp³-hybridized carbons (Fsp3) is 0.0500. The molecule has 1 N–H and O–H groups in total. The number of amides is 1. The van der Waals surface area contributed by atoms with Gasteiger partial charge in [0.2, 0.25) is 0 Å². The lowest BCUT2D eigenvalue weighted by Crippen LogP contribution is -2.12. The van der Waals surface area contributed by atoms with Crippen LogP contribution < -0.4 is 5.32 Å².